The van der Waals surface area contributed by atoms with Crippen molar-refractivity contribution in [3.05, 3.63) is 89.2 Å². The van der Waals surface area contributed by atoms with Crippen molar-refractivity contribution >= 4 is 22.6 Å². The summed E-state index contributed by atoms with van der Waals surface area (Å²) < 4.78 is 14.6. The second kappa shape index (κ2) is 11.8. The molecule has 36 heavy (non-hydrogen) atoms. The molecule has 188 valence electrons. The average molecular weight is 504 g/mol. The van der Waals surface area contributed by atoms with Gasteiger partial charge in [0.25, 0.3) is 0 Å². The monoisotopic (exact) mass is 503 g/mol. The third-order valence-corrected chi connectivity index (χ3v) is 7.21. The Labute approximate surface area is 218 Å². The maximum Gasteiger partial charge on any atom is 0.148 e. The molecule has 0 radical (unpaired) electrons. The molecule has 0 aliphatic carbocycles. The summed E-state index contributed by atoms with van der Waals surface area (Å²) in [6.45, 7) is 4.24. The van der Waals surface area contributed by atoms with Crippen LogP contribution in [0.25, 0.3) is 11.0 Å². The van der Waals surface area contributed by atoms with Crippen molar-refractivity contribution in [1.82, 2.24) is 14.5 Å². The molecule has 0 bridgehead atoms. The lowest BCUT2D eigenvalue weighted by atomic mass is 9.94. The van der Waals surface area contributed by atoms with Gasteiger partial charge in [0.05, 0.1) is 5.52 Å². The standard InChI is InChI=1S/C30H34ClN3O2/c1-33-18-6-10-23(20-33)11-7-19-34-27-12-5-13-28(36-21-24-8-3-2-4-9-24)30(27)32-29(34)22-35-26-16-14-25(31)15-17-26/h2-5,8-9,12-17,23H,6-7,10-11,18-22H2,1H3. The summed E-state index contributed by atoms with van der Waals surface area (Å²) in [6, 6.07) is 23.9. The van der Waals surface area contributed by atoms with E-state index in [0.29, 0.717) is 18.2 Å². The van der Waals surface area contributed by atoms with Crippen molar-refractivity contribution in [2.24, 2.45) is 5.92 Å². The molecule has 1 aromatic heterocycles. The number of nitrogens with zero attached hydrogens (tertiary/aromatic N) is 3. The van der Waals surface area contributed by atoms with Crippen LogP contribution >= 0.6 is 11.6 Å². The van der Waals surface area contributed by atoms with Crippen molar-refractivity contribution in [3.63, 3.8) is 0 Å². The highest BCUT2D eigenvalue weighted by atomic mass is 35.5. The summed E-state index contributed by atoms with van der Waals surface area (Å²) in [5.41, 5.74) is 3.12. The van der Waals surface area contributed by atoms with Crippen molar-refractivity contribution in [3.8, 4) is 11.5 Å². The number of likely N-dealkylation sites (tertiary alicyclic amines) is 1. The third-order valence-electron chi connectivity index (χ3n) is 6.96. The Morgan fingerprint density at radius 3 is 2.58 bits per heavy atom. The van der Waals surface area contributed by atoms with E-state index in [1.54, 1.807) is 0 Å². The molecular formula is C30H34ClN3O2. The molecule has 1 unspecified atom stereocenters. The lowest BCUT2D eigenvalue weighted by Crippen LogP contribution is -2.32. The molecule has 0 amide bonds. The number of fused-ring (bicyclic) bond motifs is 1. The molecule has 1 aliphatic rings. The third kappa shape index (κ3) is 6.21. The first-order chi connectivity index (χ1) is 17.7. The SMILES string of the molecule is CN1CCCC(CCCn2c(COc3ccc(Cl)cc3)nc3c(OCc4ccccc4)cccc32)C1. The molecule has 0 saturated carbocycles. The fourth-order valence-corrected chi connectivity index (χ4v) is 5.23. The number of aryl methyl sites for hydroxylation is 1. The largest absolute Gasteiger partial charge is 0.487 e. The highest BCUT2D eigenvalue weighted by molar-refractivity contribution is 6.30. The van der Waals surface area contributed by atoms with Crippen LogP contribution in [0.15, 0.2) is 72.8 Å². The van der Waals surface area contributed by atoms with E-state index in [-0.39, 0.29) is 0 Å². The van der Waals surface area contributed by atoms with Gasteiger partial charge in [-0.15, -0.1) is 0 Å². The Balaban J connectivity index is 1.36. The second-order valence-electron chi connectivity index (χ2n) is 9.73. The zero-order chi connectivity index (χ0) is 24.7. The van der Waals surface area contributed by atoms with E-state index >= 15 is 0 Å². The second-order valence-corrected chi connectivity index (χ2v) is 10.2. The molecule has 5 rings (SSSR count). The molecule has 6 heteroatoms. The van der Waals surface area contributed by atoms with Gasteiger partial charge in [-0.3, -0.25) is 0 Å². The number of para-hydroxylation sites is 1. The smallest absolute Gasteiger partial charge is 0.148 e. The molecule has 1 atom stereocenters. The molecule has 2 heterocycles. The summed E-state index contributed by atoms with van der Waals surface area (Å²) in [4.78, 5) is 7.47. The van der Waals surface area contributed by atoms with Gasteiger partial charge in [-0.2, -0.15) is 0 Å². The number of hydrogen-bond acceptors (Lipinski definition) is 4. The highest BCUT2D eigenvalue weighted by Gasteiger charge is 2.19. The average Bonchev–Trinajstić information content (AvgIpc) is 3.26. The Hall–Kier alpha value is -3.02. The van der Waals surface area contributed by atoms with Crippen molar-refractivity contribution in [1.29, 1.82) is 0 Å². The Kier molecular flexibility index (Phi) is 8.09. The zero-order valence-electron chi connectivity index (χ0n) is 20.9. The van der Waals surface area contributed by atoms with E-state index < -0.39 is 0 Å². The quantitative estimate of drug-likeness (QED) is 0.234. The van der Waals surface area contributed by atoms with Gasteiger partial charge in [-0.25, -0.2) is 4.98 Å². The van der Waals surface area contributed by atoms with Crippen LogP contribution in [-0.4, -0.2) is 34.6 Å². The Bertz CT molecular complexity index is 1260. The minimum atomic E-state index is 0.389. The normalized spacial score (nSPS) is 16.3. The first-order valence-electron chi connectivity index (χ1n) is 12.9. The fraction of sp³-hybridized carbons (Fsp3) is 0.367. The number of aromatic nitrogens is 2. The van der Waals surface area contributed by atoms with E-state index in [0.717, 1.165) is 52.8 Å². The van der Waals surface area contributed by atoms with Crippen LogP contribution in [0.4, 0.5) is 0 Å². The topological polar surface area (TPSA) is 39.5 Å². The molecule has 0 N–H and O–H groups in total. The predicted molar refractivity (Wildman–Crippen MR) is 146 cm³/mol. The Morgan fingerprint density at radius 1 is 0.944 bits per heavy atom. The zero-order valence-corrected chi connectivity index (χ0v) is 21.7. The summed E-state index contributed by atoms with van der Waals surface area (Å²) in [5.74, 6) is 3.27. The van der Waals surface area contributed by atoms with Crippen molar-refractivity contribution in [2.45, 2.75) is 45.4 Å². The molecular weight excluding hydrogens is 470 g/mol. The first kappa shape index (κ1) is 24.7. The molecule has 5 nitrogen and oxygen atoms in total. The molecule has 1 fully saturated rings. The predicted octanol–water partition coefficient (Wildman–Crippen LogP) is 6.97. The van der Waals surface area contributed by atoms with Crippen LogP contribution in [0.1, 0.15) is 37.1 Å². The van der Waals surface area contributed by atoms with Crippen LogP contribution in [-0.2, 0) is 19.8 Å². The Morgan fingerprint density at radius 2 is 1.78 bits per heavy atom. The minimum Gasteiger partial charge on any atom is -0.487 e. The van der Waals surface area contributed by atoms with Crippen molar-refractivity contribution in [2.75, 3.05) is 20.1 Å². The van der Waals surface area contributed by atoms with Gasteiger partial charge in [-0.05, 0) is 87.2 Å². The van der Waals surface area contributed by atoms with Gasteiger partial charge in [0, 0.05) is 18.1 Å². The number of piperidine rings is 1. The van der Waals surface area contributed by atoms with E-state index in [2.05, 4.69) is 40.8 Å². The number of hydrogen-bond donors (Lipinski definition) is 0. The van der Waals surface area contributed by atoms with Crippen LogP contribution < -0.4 is 9.47 Å². The number of rotatable bonds is 10. The summed E-state index contributed by atoms with van der Waals surface area (Å²) in [5, 5.41) is 0.697. The minimum absolute atomic E-state index is 0.389. The number of benzene rings is 3. The van der Waals surface area contributed by atoms with Gasteiger partial charge in [-0.1, -0.05) is 48.0 Å². The lowest BCUT2D eigenvalue weighted by Gasteiger charge is -2.29. The summed E-state index contributed by atoms with van der Waals surface area (Å²) >= 11 is 6.04. The molecule has 1 saturated heterocycles. The number of imidazole rings is 1. The first-order valence-corrected chi connectivity index (χ1v) is 13.3. The summed E-state index contributed by atoms with van der Waals surface area (Å²) in [7, 11) is 2.23. The number of halogens is 1. The van der Waals surface area contributed by atoms with Crippen LogP contribution in [0.2, 0.25) is 5.02 Å². The van der Waals surface area contributed by atoms with E-state index in [1.807, 2.05) is 48.5 Å². The van der Waals surface area contributed by atoms with Crippen LogP contribution in [0, 0.1) is 5.92 Å². The van der Waals surface area contributed by atoms with Crippen LogP contribution in [0.5, 0.6) is 11.5 Å². The van der Waals surface area contributed by atoms with E-state index in [4.69, 9.17) is 26.1 Å². The lowest BCUT2D eigenvalue weighted by molar-refractivity contribution is 0.198. The maximum atomic E-state index is 6.22. The van der Waals surface area contributed by atoms with Crippen molar-refractivity contribution < 1.29 is 9.47 Å². The molecule has 1 aliphatic heterocycles. The van der Waals surface area contributed by atoms with Gasteiger partial charge < -0.3 is 18.9 Å². The van der Waals surface area contributed by atoms with Crippen LogP contribution in [0.3, 0.4) is 0 Å². The van der Waals surface area contributed by atoms with Gasteiger partial charge in [0.15, 0.2) is 0 Å². The fourth-order valence-electron chi connectivity index (χ4n) is 5.11. The highest BCUT2D eigenvalue weighted by Crippen LogP contribution is 2.29. The van der Waals surface area contributed by atoms with Gasteiger partial charge in [0.1, 0.15) is 36.1 Å². The van der Waals surface area contributed by atoms with E-state index in [1.165, 1.54) is 32.4 Å². The van der Waals surface area contributed by atoms with Gasteiger partial charge in [0.2, 0.25) is 0 Å². The molecule has 3 aromatic carbocycles. The maximum absolute atomic E-state index is 6.22. The number of ether oxygens (including phenoxy) is 2. The van der Waals surface area contributed by atoms with E-state index in [9.17, 15) is 0 Å². The summed E-state index contributed by atoms with van der Waals surface area (Å²) in [6.07, 6.45) is 4.98. The van der Waals surface area contributed by atoms with Gasteiger partial charge >= 0.3 is 0 Å². The molecule has 4 aromatic rings. The molecule has 0 spiro atoms.